The minimum atomic E-state index is 0.166. The van der Waals surface area contributed by atoms with Gasteiger partial charge in [-0.2, -0.15) is 15.2 Å². The summed E-state index contributed by atoms with van der Waals surface area (Å²) in [6, 6.07) is 11.0. The maximum absolute atomic E-state index is 8.99. The lowest BCUT2D eigenvalue weighted by molar-refractivity contribution is 1.17. The molecule has 0 bridgehead atoms. The van der Waals surface area contributed by atoms with E-state index < -0.39 is 0 Å². The largest absolute Gasteiger partial charge is 0.373 e. The van der Waals surface area contributed by atoms with Gasteiger partial charge in [0.05, 0.1) is 11.3 Å². The molecule has 0 aliphatic heterocycles. The summed E-state index contributed by atoms with van der Waals surface area (Å²) in [5, 5.41) is 14.9. The third-order valence-corrected chi connectivity index (χ3v) is 2.31. The summed E-state index contributed by atoms with van der Waals surface area (Å²) in [4.78, 5) is 8.05. The first-order valence-corrected chi connectivity index (χ1v) is 5.31. The van der Waals surface area contributed by atoms with Gasteiger partial charge < -0.3 is 16.4 Å². The molecule has 1 aromatic heterocycles. The Labute approximate surface area is 104 Å². The molecule has 0 aliphatic rings. The van der Waals surface area contributed by atoms with Crippen molar-refractivity contribution in [3.8, 4) is 6.07 Å². The molecule has 0 spiro atoms. The number of anilines is 4. The van der Waals surface area contributed by atoms with E-state index in [1.54, 1.807) is 31.3 Å². The molecule has 0 saturated heterocycles. The summed E-state index contributed by atoms with van der Waals surface area (Å²) >= 11 is 0. The fraction of sp³-hybridized carbons (Fsp3) is 0.0833. The molecule has 18 heavy (non-hydrogen) atoms. The van der Waals surface area contributed by atoms with E-state index in [9.17, 15) is 0 Å². The molecule has 0 unspecified atom stereocenters. The number of nitriles is 1. The second-order valence-electron chi connectivity index (χ2n) is 3.53. The number of benzene rings is 1. The van der Waals surface area contributed by atoms with Gasteiger partial charge in [-0.05, 0) is 12.1 Å². The summed E-state index contributed by atoms with van der Waals surface area (Å²) in [5.74, 6) is 1.31. The number of nitrogens with zero attached hydrogens (tertiary/aromatic N) is 3. The van der Waals surface area contributed by atoms with Crippen LogP contribution in [0.2, 0.25) is 0 Å². The standard InChI is InChI=1S/C12H12N6/c1-15-10-6-11(18-12(14)17-10)16-9-5-3-2-4-8(9)7-13/h2-6H,1H3,(H4,14,15,16,17,18). The highest BCUT2D eigenvalue weighted by Crippen LogP contribution is 2.20. The van der Waals surface area contributed by atoms with Crippen molar-refractivity contribution < 1.29 is 0 Å². The predicted molar refractivity (Wildman–Crippen MR) is 70.4 cm³/mol. The van der Waals surface area contributed by atoms with E-state index in [4.69, 9.17) is 11.0 Å². The summed E-state index contributed by atoms with van der Waals surface area (Å²) in [6.07, 6.45) is 0. The van der Waals surface area contributed by atoms with Gasteiger partial charge in [0.15, 0.2) is 0 Å². The van der Waals surface area contributed by atoms with Gasteiger partial charge in [0.25, 0.3) is 0 Å². The Balaban J connectivity index is 2.34. The maximum Gasteiger partial charge on any atom is 0.223 e. The summed E-state index contributed by atoms with van der Waals surface area (Å²) in [6.45, 7) is 0. The number of hydrogen-bond acceptors (Lipinski definition) is 6. The molecular weight excluding hydrogens is 228 g/mol. The van der Waals surface area contributed by atoms with Crippen LogP contribution < -0.4 is 16.4 Å². The number of nitrogen functional groups attached to an aromatic ring is 1. The van der Waals surface area contributed by atoms with Crippen LogP contribution in [0.25, 0.3) is 0 Å². The SMILES string of the molecule is CNc1cc(Nc2ccccc2C#N)nc(N)n1. The van der Waals surface area contributed by atoms with Gasteiger partial charge in [-0.15, -0.1) is 0 Å². The molecule has 0 atom stereocenters. The minimum absolute atomic E-state index is 0.166. The lowest BCUT2D eigenvalue weighted by Gasteiger charge is -2.09. The Morgan fingerprint density at radius 2 is 1.94 bits per heavy atom. The number of nitrogens with one attached hydrogen (secondary N) is 2. The average molecular weight is 240 g/mol. The Hall–Kier alpha value is -2.81. The van der Waals surface area contributed by atoms with Crippen LogP contribution in [0.3, 0.4) is 0 Å². The third-order valence-electron chi connectivity index (χ3n) is 2.31. The van der Waals surface area contributed by atoms with Crippen molar-refractivity contribution in [3.05, 3.63) is 35.9 Å². The number of aromatic nitrogens is 2. The van der Waals surface area contributed by atoms with Gasteiger partial charge >= 0.3 is 0 Å². The molecule has 6 heteroatoms. The molecular formula is C12H12N6. The van der Waals surface area contributed by atoms with E-state index in [1.165, 1.54) is 0 Å². The highest BCUT2D eigenvalue weighted by atomic mass is 15.1. The van der Waals surface area contributed by atoms with Gasteiger partial charge in [0, 0.05) is 13.1 Å². The molecule has 2 rings (SSSR count). The van der Waals surface area contributed by atoms with Crippen molar-refractivity contribution in [1.82, 2.24) is 9.97 Å². The number of rotatable bonds is 3. The molecule has 0 fully saturated rings. The normalized spacial score (nSPS) is 9.56. The van der Waals surface area contributed by atoms with Crippen LogP contribution in [-0.4, -0.2) is 17.0 Å². The van der Waals surface area contributed by atoms with Gasteiger partial charge in [-0.25, -0.2) is 0 Å². The molecule has 0 radical (unpaired) electrons. The zero-order valence-electron chi connectivity index (χ0n) is 9.81. The molecule has 4 N–H and O–H groups in total. The molecule has 90 valence electrons. The Kier molecular flexibility index (Phi) is 3.25. The molecule has 6 nitrogen and oxygen atoms in total. The molecule has 0 saturated carbocycles. The van der Waals surface area contributed by atoms with Crippen LogP contribution in [0.15, 0.2) is 30.3 Å². The van der Waals surface area contributed by atoms with E-state index in [0.29, 0.717) is 22.9 Å². The van der Waals surface area contributed by atoms with Gasteiger partial charge in [-0.3, -0.25) is 0 Å². The van der Waals surface area contributed by atoms with Gasteiger partial charge in [0.1, 0.15) is 17.7 Å². The lowest BCUT2D eigenvalue weighted by Crippen LogP contribution is -2.03. The van der Waals surface area contributed by atoms with Crippen molar-refractivity contribution in [1.29, 1.82) is 5.26 Å². The van der Waals surface area contributed by atoms with Gasteiger partial charge in [-0.1, -0.05) is 12.1 Å². The zero-order chi connectivity index (χ0) is 13.0. The first-order valence-electron chi connectivity index (χ1n) is 5.31. The quantitative estimate of drug-likeness (QED) is 0.755. The average Bonchev–Trinajstić information content (AvgIpc) is 2.38. The first-order chi connectivity index (χ1) is 8.72. The topological polar surface area (TPSA) is 99.6 Å². The van der Waals surface area contributed by atoms with E-state index in [2.05, 4.69) is 26.7 Å². The highest BCUT2D eigenvalue weighted by Gasteiger charge is 2.04. The predicted octanol–water partition coefficient (Wildman–Crippen LogP) is 1.72. The maximum atomic E-state index is 8.99. The monoisotopic (exact) mass is 240 g/mol. The van der Waals surface area contributed by atoms with Crippen LogP contribution in [0.1, 0.15) is 5.56 Å². The smallest absolute Gasteiger partial charge is 0.223 e. The van der Waals surface area contributed by atoms with Crippen LogP contribution in [0.4, 0.5) is 23.3 Å². The number of nitrogens with two attached hydrogens (primary N) is 1. The summed E-state index contributed by atoms with van der Waals surface area (Å²) in [5.41, 5.74) is 6.81. The highest BCUT2D eigenvalue weighted by molar-refractivity contribution is 5.66. The fourth-order valence-electron chi connectivity index (χ4n) is 1.49. The van der Waals surface area contributed by atoms with E-state index in [1.807, 2.05) is 6.07 Å². The molecule has 2 aromatic rings. The first kappa shape index (κ1) is 11.7. The lowest BCUT2D eigenvalue weighted by atomic mass is 10.2. The molecule has 0 amide bonds. The Bertz CT molecular complexity index is 602. The van der Waals surface area contributed by atoms with E-state index >= 15 is 0 Å². The van der Waals surface area contributed by atoms with Crippen LogP contribution in [0.5, 0.6) is 0 Å². The molecule has 0 aliphatic carbocycles. The van der Waals surface area contributed by atoms with Crippen LogP contribution in [-0.2, 0) is 0 Å². The molecule has 1 heterocycles. The zero-order valence-corrected chi connectivity index (χ0v) is 9.81. The van der Waals surface area contributed by atoms with E-state index in [-0.39, 0.29) is 5.95 Å². The minimum Gasteiger partial charge on any atom is -0.373 e. The van der Waals surface area contributed by atoms with Crippen molar-refractivity contribution in [2.24, 2.45) is 0 Å². The van der Waals surface area contributed by atoms with Crippen molar-refractivity contribution >= 4 is 23.3 Å². The fourth-order valence-corrected chi connectivity index (χ4v) is 1.49. The number of para-hydroxylation sites is 1. The second-order valence-corrected chi connectivity index (χ2v) is 3.53. The molecule has 1 aromatic carbocycles. The van der Waals surface area contributed by atoms with Crippen molar-refractivity contribution in [3.63, 3.8) is 0 Å². The van der Waals surface area contributed by atoms with E-state index in [0.717, 1.165) is 0 Å². The summed E-state index contributed by atoms with van der Waals surface area (Å²) < 4.78 is 0. The van der Waals surface area contributed by atoms with Crippen LogP contribution in [0, 0.1) is 11.3 Å². The number of hydrogen-bond donors (Lipinski definition) is 3. The van der Waals surface area contributed by atoms with Crippen molar-refractivity contribution in [2.45, 2.75) is 0 Å². The summed E-state index contributed by atoms with van der Waals surface area (Å²) in [7, 11) is 1.74. The van der Waals surface area contributed by atoms with Crippen molar-refractivity contribution in [2.75, 3.05) is 23.4 Å². The Morgan fingerprint density at radius 1 is 1.22 bits per heavy atom. The van der Waals surface area contributed by atoms with Crippen LogP contribution >= 0.6 is 0 Å². The Morgan fingerprint density at radius 3 is 2.67 bits per heavy atom. The second kappa shape index (κ2) is 5.01. The van der Waals surface area contributed by atoms with Gasteiger partial charge in [0.2, 0.25) is 5.95 Å². The third kappa shape index (κ3) is 2.47.